The molecule has 31 heavy (non-hydrogen) atoms. The van der Waals surface area contributed by atoms with Gasteiger partial charge < -0.3 is 5.32 Å². The van der Waals surface area contributed by atoms with Crippen LogP contribution in [0.4, 0.5) is 0 Å². The third-order valence-electron chi connectivity index (χ3n) is 5.76. The van der Waals surface area contributed by atoms with Crippen molar-refractivity contribution in [1.29, 1.82) is 0 Å². The quantitative estimate of drug-likeness (QED) is 0.602. The first-order chi connectivity index (χ1) is 15.0. The highest BCUT2D eigenvalue weighted by Gasteiger charge is 2.34. The van der Waals surface area contributed by atoms with Crippen LogP contribution in [0.2, 0.25) is 0 Å². The second kappa shape index (κ2) is 9.34. The largest absolute Gasteiger partial charge is 0.345 e. The van der Waals surface area contributed by atoms with Crippen LogP contribution >= 0.6 is 11.3 Å². The van der Waals surface area contributed by atoms with Crippen molar-refractivity contribution in [3.8, 4) is 0 Å². The van der Waals surface area contributed by atoms with E-state index in [0.29, 0.717) is 23.6 Å². The number of nitrogens with zero attached hydrogens (tertiary/aromatic N) is 1. The number of piperidine rings is 1. The molecule has 1 N–H and O–H groups in total. The van der Waals surface area contributed by atoms with Crippen molar-refractivity contribution in [1.82, 2.24) is 9.62 Å². The summed E-state index contributed by atoms with van der Waals surface area (Å²) in [6.45, 7) is 2.69. The number of hydrogen-bond donors (Lipinski definition) is 1. The molecule has 7 heteroatoms. The minimum atomic E-state index is -3.55. The van der Waals surface area contributed by atoms with E-state index in [2.05, 4.69) is 5.32 Å². The molecule has 1 aliphatic heterocycles. The highest BCUT2D eigenvalue weighted by atomic mass is 32.2. The van der Waals surface area contributed by atoms with Crippen LogP contribution in [0.3, 0.4) is 0 Å². The van der Waals surface area contributed by atoms with Crippen LogP contribution in [0.5, 0.6) is 0 Å². The lowest BCUT2D eigenvalue weighted by Crippen LogP contribution is -2.46. The molecule has 0 radical (unpaired) electrons. The molecule has 2 aromatic carbocycles. The number of carbonyl (C=O) groups excluding carboxylic acids is 1. The summed E-state index contributed by atoms with van der Waals surface area (Å²) in [5, 5.41) is 4.97. The predicted octanol–water partition coefficient (Wildman–Crippen LogP) is 4.36. The van der Waals surface area contributed by atoms with Gasteiger partial charge in [0.2, 0.25) is 5.91 Å². The first kappa shape index (κ1) is 21.7. The Morgan fingerprint density at radius 3 is 2.52 bits per heavy atom. The van der Waals surface area contributed by atoms with Crippen LogP contribution in [-0.4, -0.2) is 31.7 Å². The first-order valence-electron chi connectivity index (χ1n) is 10.4. The van der Waals surface area contributed by atoms with E-state index in [9.17, 15) is 13.2 Å². The summed E-state index contributed by atoms with van der Waals surface area (Å²) in [5.41, 5.74) is 3.15. The SMILES string of the molecule is Cc1ccccc1[C@H](NC(=O)[C@H]1CCCN(S(=O)(=O)c2cccs2)C1)c1ccccc1. The second-order valence-corrected chi connectivity index (χ2v) is 11.0. The first-order valence-corrected chi connectivity index (χ1v) is 12.7. The van der Waals surface area contributed by atoms with E-state index in [1.807, 2.05) is 61.5 Å². The third-order valence-corrected chi connectivity index (χ3v) is 9.00. The Balaban J connectivity index is 1.55. The lowest BCUT2D eigenvalue weighted by Gasteiger charge is -2.32. The molecule has 1 saturated heterocycles. The Kier molecular flexibility index (Phi) is 6.55. The Bertz CT molecular complexity index is 1130. The molecule has 0 bridgehead atoms. The maximum atomic E-state index is 13.3. The third kappa shape index (κ3) is 4.74. The molecular formula is C24H26N2O3S2. The van der Waals surface area contributed by atoms with E-state index >= 15 is 0 Å². The van der Waals surface area contributed by atoms with Gasteiger partial charge in [0, 0.05) is 13.1 Å². The van der Waals surface area contributed by atoms with E-state index < -0.39 is 10.0 Å². The molecule has 0 unspecified atom stereocenters. The zero-order valence-electron chi connectivity index (χ0n) is 17.4. The molecular weight excluding hydrogens is 428 g/mol. The molecule has 4 rings (SSSR count). The summed E-state index contributed by atoms with van der Waals surface area (Å²) in [4.78, 5) is 13.3. The number of thiophene rings is 1. The molecule has 2 heterocycles. The van der Waals surface area contributed by atoms with E-state index in [4.69, 9.17) is 0 Å². The van der Waals surface area contributed by atoms with Crippen LogP contribution in [0.1, 0.15) is 35.6 Å². The van der Waals surface area contributed by atoms with Crippen molar-refractivity contribution in [2.24, 2.45) is 5.92 Å². The van der Waals surface area contributed by atoms with Crippen LogP contribution < -0.4 is 5.32 Å². The van der Waals surface area contributed by atoms with Gasteiger partial charge in [0.1, 0.15) is 4.21 Å². The van der Waals surface area contributed by atoms with Gasteiger partial charge in [-0.15, -0.1) is 11.3 Å². The number of benzene rings is 2. The number of aryl methyl sites for hydroxylation is 1. The van der Waals surface area contributed by atoms with Gasteiger partial charge in [-0.3, -0.25) is 4.79 Å². The number of nitrogens with one attached hydrogen (secondary N) is 1. The van der Waals surface area contributed by atoms with E-state index in [1.54, 1.807) is 17.5 Å². The second-order valence-electron chi connectivity index (χ2n) is 7.84. The van der Waals surface area contributed by atoms with Gasteiger partial charge in [0.25, 0.3) is 10.0 Å². The lowest BCUT2D eigenvalue weighted by atomic mass is 9.93. The van der Waals surface area contributed by atoms with Gasteiger partial charge in [-0.1, -0.05) is 60.7 Å². The number of amides is 1. The number of carbonyl (C=O) groups is 1. The summed E-state index contributed by atoms with van der Waals surface area (Å²) < 4.78 is 27.6. The van der Waals surface area contributed by atoms with E-state index in [0.717, 1.165) is 16.7 Å². The average Bonchev–Trinajstić information content (AvgIpc) is 3.35. The highest BCUT2D eigenvalue weighted by Crippen LogP contribution is 2.29. The summed E-state index contributed by atoms with van der Waals surface area (Å²) in [7, 11) is -3.55. The summed E-state index contributed by atoms with van der Waals surface area (Å²) in [6, 6.07) is 21.0. The Morgan fingerprint density at radius 2 is 1.81 bits per heavy atom. The molecule has 3 aromatic rings. The molecule has 0 saturated carbocycles. The van der Waals surface area contributed by atoms with Crippen molar-refractivity contribution in [2.45, 2.75) is 30.0 Å². The monoisotopic (exact) mass is 454 g/mol. The Hall–Kier alpha value is -2.48. The predicted molar refractivity (Wildman–Crippen MR) is 123 cm³/mol. The van der Waals surface area contributed by atoms with E-state index in [1.165, 1.54) is 15.6 Å². The molecule has 0 spiro atoms. The molecule has 1 amide bonds. The molecule has 162 valence electrons. The fraction of sp³-hybridized carbons (Fsp3) is 0.292. The van der Waals surface area contributed by atoms with Crippen LogP contribution in [-0.2, 0) is 14.8 Å². The summed E-state index contributed by atoms with van der Waals surface area (Å²) >= 11 is 1.21. The normalized spacial score (nSPS) is 18.4. The topological polar surface area (TPSA) is 66.5 Å². The number of rotatable bonds is 6. The van der Waals surface area contributed by atoms with Crippen molar-refractivity contribution in [3.63, 3.8) is 0 Å². The van der Waals surface area contributed by atoms with Crippen LogP contribution in [0.15, 0.2) is 76.3 Å². The van der Waals surface area contributed by atoms with Gasteiger partial charge in [-0.2, -0.15) is 4.31 Å². The minimum Gasteiger partial charge on any atom is -0.345 e. The molecule has 1 aliphatic rings. The maximum Gasteiger partial charge on any atom is 0.252 e. The number of sulfonamides is 1. The molecule has 2 atom stereocenters. The van der Waals surface area contributed by atoms with Gasteiger partial charge in [-0.25, -0.2) is 8.42 Å². The fourth-order valence-electron chi connectivity index (χ4n) is 4.07. The van der Waals surface area contributed by atoms with Crippen molar-refractivity contribution < 1.29 is 13.2 Å². The Morgan fingerprint density at radius 1 is 1.06 bits per heavy atom. The van der Waals surface area contributed by atoms with Gasteiger partial charge >= 0.3 is 0 Å². The average molecular weight is 455 g/mol. The molecule has 1 aromatic heterocycles. The zero-order valence-corrected chi connectivity index (χ0v) is 19.0. The van der Waals surface area contributed by atoms with Gasteiger partial charge in [0.05, 0.1) is 12.0 Å². The fourth-order valence-corrected chi connectivity index (χ4v) is 6.74. The highest BCUT2D eigenvalue weighted by molar-refractivity contribution is 7.91. The van der Waals surface area contributed by atoms with Gasteiger partial charge in [0.15, 0.2) is 0 Å². The van der Waals surface area contributed by atoms with Crippen LogP contribution in [0.25, 0.3) is 0 Å². The van der Waals surface area contributed by atoms with Crippen molar-refractivity contribution in [3.05, 3.63) is 88.8 Å². The summed E-state index contributed by atoms with van der Waals surface area (Å²) in [6.07, 6.45) is 1.35. The summed E-state index contributed by atoms with van der Waals surface area (Å²) in [5.74, 6) is -0.484. The molecule has 5 nitrogen and oxygen atoms in total. The van der Waals surface area contributed by atoms with Gasteiger partial charge in [-0.05, 0) is 47.9 Å². The van der Waals surface area contributed by atoms with E-state index in [-0.39, 0.29) is 24.4 Å². The van der Waals surface area contributed by atoms with Crippen LogP contribution in [0, 0.1) is 12.8 Å². The standard InChI is InChI=1S/C24H26N2O3S2/c1-18-9-5-6-13-21(18)23(19-10-3-2-4-11-19)25-24(27)20-12-7-15-26(17-20)31(28,29)22-14-8-16-30-22/h2-6,8-11,13-14,16,20,23H,7,12,15,17H2,1H3,(H,25,27)/t20-,23+/m0/s1. The molecule has 1 fully saturated rings. The van der Waals surface area contributed by atoms with Crippen molar-refractivity contribution in [2.75, 3.05) is 13.1 Å². The smallest absolute Gasteiger partial charge is 0.252 e. The van der Waals surface area contributed by atoms with Crippen molar-refractivity contribution >= 4 is 27.3 Å². The Labute approximate surface area is 187 Å². The lowest BCUT2D eigenvalue weighted by molar-refractivity contribution is -0.126. The minimum absolute atomic E-state index is 0.108. The zero-order chi connectivity index (χ0) is 21.8. The maximum absolute atomic E-state index is 13.3. The molecule has 0 aliphatic carbocycles. The number of hydrogen-bond acceptors (Lipinski definition) is 4.